The number of aliphatic imine (C=N–C) groups is 1. The van der Waals surface area contributed by atoms with Gasteiger partial charge in [-0.25, -0.2) is 18.6 Å². The van der Waals surface area contributed by atoms with E-state index in [1.165, 1.54) is 32.0 Å². The number of hydrogen-bond donors (Lipinski definition) is 3. The predicted octanol–water partition coefficient (Wildman–Crippen LogP) is 3.99. The number of nitrogens with zero attached hydrogens (tertiary/aromatic N) is 3. The Morgan fingerprint density at radius 1 is 1.24 bits per heavy atom. The van der Waals surface area contributed by atoms with Crippen molar-refractivity contribution in [1.29, 1.82) is 0 Å². The molecule has 1 aromatic heterocycles. The van der Waals surface area contributed by atoms with Gasteiger partial charge >= 0.3 is 12.3 Å². The highest BCUT2D eigenvalue weighted by atomic mass is 19.4. The van der Waals surface area contributed by atoms with Gasteiger partial charge in [-0.3, -0.25) is 14.7 Å². The largest absolute Gasteiger partial charge is 0.463 e. The van der Waals surface area contributed by atoms with Crippen molar-refractivity contribution in [2.75, 3.05) is 0 Å². The Morgan fingerprint density at radius 2 is 1.94 bits per heavy atom. The number of carbonyl (C=O) groups is 2. The van der Waals surface area contributed by atoms with Crippen LogP contribution in [0.15, 0.2) is 35.3 Å². The molecule has 4 rings (SSSR count). The van der Waals surface area contributed by atoms with Crippen molar-refractivity contribution in [2.45, 2.75) is 32.0 Å². The lowest BCUT2D eigenvalue weighted by Gasteiger charge is -2.36. The number of rotatable bonds is 2. The normalized spacial score (nSPS) is 19.9. The molecule has 0 bridgehead atoms. The van der Waals surface area contributed by atoms with Gasteiger partial charge in [0.1, 0.15) is 17.2 Å². The Bertz CT molecular complexity index is 1380. The van der Waals surface area contributed by atoms with Crippen molar-refractivity contribution in [3.63, 3.8) is 0 Å². The quantitative estimate of drug-likeness (QED) is 0.480. The highest BCUT2D eigenvalue weighted by Gasteiger charge is 2.40. The van der Waals surface area contributed by atoms with Crippen molar-refractivity contribution in [3.05, 3.63) is 58.9 Å². The average molecular weight is 481 g/mol. The predicted molar refractivity (Wildman–Crippen MR) is 109 cm³/mol. The molecule has 8 nitrogen and oxygen atoms in total. The Balaban J connectivity index is 1.95. The third-order valence-corrected chi connectivity index (χ3v) is 5.41. The number of imidazole rings is 1. The molecule has 1 aliphatic rings. The highest BCUT2D eigenvalue weighted by molar-refractivity contribution is 6.03. The lowest BCUT2D eigenvalue weighted by Crippen LogP contribution is -2.58. The molecule has 3 N–H and O–H groups in total. The molecule has 2 aromatic carbocycles. The number of aryl methyl sites for hydroxylation is 1. The number of aromatic nitrogens is 2. The number of fused-ring (bicyclic) bond motifs is 1. The molecule has 2 heterocycles. The summed E-state index contributed by atoms with van der Waals surface area (Å²) in [5.41, 5.74) is -4.45. The third-order valence-electron chi connectivity index (χ3n) is 5.41. The van der Waals surface area contributed by atoms with Crippen molar-refractivity contribution >= 4 is 29.0 Å². The summed E-state index contributed by atoms with van der Waals surface area (Å²) in [6, 6.07) is 5.54. The van der Waals surface area contributed by atoms with Crippen LogP contribution in [0.3, 0.4) is 0 Å². The summed E-state index contributed by atoms with van der Waals surface area (Å²) in [5.74, 6) is -3.67. The van der Waals surface area contributed by atoms with Crippen LogP contribution in [0.25, 0.3) is 16.7 Å². The molecular weight excluding hydrogens is 465 g/mol. The first kappa shape index (κ1) is 23.1. The second-order valence-corrected chi connectivity index (χ2v) is 7.85. The fraction of sp³-hybridized carbons (Fsp3) is 0.238. The number of benzene rings is 2. The number of carbonyl (C=O) groups excluding carboxylic acids is 1. The van der Waals surface area contributed by atoms with Crippen molar-refractivity contribution in [1.82, 2.24) is 20.2 Å². The van der Waals surface area contributed by atoms with Crippen LogP contribution >= 0.6 is 0 Å². The first-order valence-electron chi connectivity index (χ1n) is 9.75. The molecule has 0 saturated carbocycles. The summed E-state index contributed by atoms with van der Waals surface area (Å²) in [7, 11) is 0. The van der Waals surface area contributed by atoms with Gasteiger partial charge in [0.25, 0.3) is 0 Å². The molecule has 0 aliphatic carbocycles. The number of guanidine groups is 1. The number of carboxylic acid groups (broad SMARTS) is 1. The molecule has 13 heteroatoms. The number of alkyl halides is 3. The van der Waals surface area contributed by atoms with Gasteiger partial charge in [-0.15, -0.1) is 4.99 Å². The topological polar surface area (TPSA) is 109 Å². The fourth-order valence-electron chi connectivity index (χ4n) is 4.09. The third kappa shape index (κ3) is 3.82. The summed E-state index contributed by atoms with van der Waals surface area (Å²) in [6.07, 6.45) is -7.03. The Kier molecular flexibility index (Phi) is 5.30. The number of halogens is 5. The monoisotopic (exact) mass is 481 g/mol. The van der Waals surface area contributed by atoms with E-state index < -0.39 is 52.4 Å². The molecule has 3 aromatic rings. The van der Waals surface area contributed by atoms with E-state index >= 15 is 4.39 Å². The van der Waals surface area contributed by atoms with Crippen LogP contribution in [-0.4, -0.2) is 32.6 Å². The summed E-state index contributed by atoms with van der Waals surface area (Å²) >= 11 is 0. The van der Waals surface area contributed by atoms with Crippen molar-refractivity contribution in [2.24, 2.45) is 4.99 Å². The Morgan fingerprint density at radius 3 is 2.59 bits per heavy atom. The Labute approximate surface area is 188 Å². The van der Waals surface area contributed by atoms with E-state index in [0.29, 0.717) is 6.07 Å². The van der Waals surface area contributed by atoms with Crippen LogP contribution < -0.4 is 10.6 Å². The number of nitrogens with one attached hydrogen (secondary N) is 2. The van der Waals surface area contributed by atoms with Gasteiger partial charge < -0.3 is 10.4 Å². The standard InChI is InChI=1S/C21H16F5N5O3/c1-9-27-12-7-6-11(22)15(21(24,25)26)17(12)31(9)13-5-3-4-10(16(13)23)20(2)8-14(32)28-18(30-20)29-19(33)34/h3-7H,8H2,1-2H3,(H,33,34)(H2,28,29,30,32)/t20-/m0/s1. The smallest absolute Gasteiger partial charge is 0.434 e. The summed E-state index contributed by atoms with van der Waals surface area (Å²) < 4.78 is 72.1. The molecule has 2 amide bonds. The second-order valence-electron chi connectivity index (χ2n) is 7.85. The maximum atomic E-state index is 15.9. The van der Waals surface area contributed by atoms with Crippen molar-refractivity contribution in [3.8, 4) is 5.69 Å². The molecule has 1 atom stereocenters. The first-order valence-corrected chi connectivity index (χ1v) is 9.75. The molecule has 34 heavy (non-hydrogen) atoms. The zero-order valence-electron chi connectivity index (χ0n) is 17.6. The van der Waals surface area contributed by atoms with Gasteiger partial charge in [0.2, 0.25) is 11.9 Å². The maximum Gasteiger partial charge on any atom is 0.434 e. The minimum Gasteiger partial charge on any atom is -0.463 e. The van der Waals surface area contributed by atoms with Gasteiger partial charge in [-0.05, 0) is 32.0 Å². The molecule has 178 valence electrons. The number of amides is 2. The molecule has 1 aliphatic heterocycles. The van der Waals surface area contributed by atoms with Crippen LogP contribution in [-0.2, 0) is 16.5 Å². The lowest BCUT2D eigenvalue weighted by molar-refractivity contribution is -0.138. The lowest BCUT2D eigenvalue weighted by atomic mass is 9.86. The minimum absolute atomic E-state index is 0.0326. The van der Waals surface area contributed by atoms with Crippen LogP contribution in [0.1, 0.15) is 30.3 Å². The number of hydrogen-bond acceptors (Lipinski definition) is 3. The molecule has 1 fully saturated rings. The molecule has 1 saturated heterocycles. The van der Waals surface area contributed by atoms with E-state index in [0.717, 1.165) is 10.6 Å². The molecule has 0 spiro atoms. The second kappa shape index (κ2) is 7.78. The maximum absolute atomic E-state index is 15.9. The first-order chi connectivity index (χ1) is 15.8. The van der Waals surface area contributed by atoms with Crippen LogP contribution in [0, 0.1) is 18.6 Å². The van der Waals surface area contributed by atoms with E-state index in [2.05, 4.69) is 20.6 Å². The van der Waals surface area contributed by atoms with Gasteiger partial charge in [0.05, 0.1) is 28.7 Å². The fourth-order valence-corrected chi connectivity index (χ4v) is 4.09. The van der Waals surface area contributed by atoms with Crippen LogP contribution in [0.5, 0.6) is 0 Å². The summed E-state index contributed by atoms with van der Waals surface area (Å²) in [5, 5.41) is 13.7. The van der Waals surface area contributed by atoms with E-state index in [9.17, 15) is 27.2 Å². The van der Waals surface area contributed by atoms with E-state index in [-0.39, 0.29) is 29.0 Å². The van der Waals surface area contributed by atoms with E-state index in [1.54, 1.807) is 0 Å². The van der Waals surface area contributed by atoms with Gasteiger partial charge in [0, 0.05) is 5.56 Å². The van der Waals surface area contributed by atoms with Gasteiger partial charge in [-0.2, -0.15) is 13.2 Å². The van der Waals surface area contributed by atoms with E-state index in [1.807, 2.05) is 0 Å². The van der Waals surface area contributed by atoms with Gasteiger partial charge in [0.15, 0.2) is 5.82 Å². The van der Waals surface area contributed by atoms with Crippen molar-refractivity contribution < 1.29 is 36.6 Å². The SMILES string of the molecule is Cc1nc2ccc(F)c(C(F)(F)F)c2n1-c1cccc([C@]2(C)CC(=O)N/C(=N/C(=O)O)N2)c1F. The zero-order chi connectivity index (χ0) is 25.0. The Hall–Kier alpha value is -4.03. The van der Waals surface area contributed by atoms with Crippen LogP contribution in [0.4, 0.5) is 26.7 Å². The zero-order valence-corrected chi connectivity index (χ0v) is 17.6. The van der Waals surface area contributed by atoms with Gasteiger partial charge in [-0.1, -0.05) is 12.1 Å². The molecule has 0 radical (unpaired) electrons. The highest BCUT2D eigenvalue weighted by Crippen LogP contribution is 2.39. The molecule has 0 unspecified atom stereocenters. The summed E-state index contributed by atoms with van der Waals surface area (Å²) in [6.45, 7) is 2.75. The van der Waals surface area contributed by atoms with E-state index in [4.69, 9.17) is 5.11 Å². The minimum atomic E-state index is -5.08. The molecular formula is C21H16F5N5O3. The summed E-state index contributed by atoms with van der Waals surface area (Å²) in [4.78, 5) is 30.3. The average Bonchev–Trinajstić information content (AvgIpc) is 3.01. The van der Waals surface area contributed by atoms with Crippen LogP contribution in [0.2, 0.25) is 0 Å².